The fraction of sp³-hybridized carbons (Fsp3) is 0.286. The molecule has 2 aromatic rings. The molecule has 8 heteroatoms. The minimum Gasteiger partial charge on any atom is -0.489 e. The van der Waals surface area contributed by atoms with Gasteiger partial charge in [-0.3, -0.25) is 4.79 Å². The normalized spacial score (nSPS) is 26.7. The van der Waals surface area contributed by atoms with Crippen LogP contribution in [0, 0.1) is 23.6 Å². The van der Waals surface area contributed by atoms with E-state index in [1.165, 1.54) is 0 Å². The van der Waals surface area contributed by atoms with E-state index in [0.717, 1.165) is 6.20 Å². The minimum atomic E-state index is -0.604. The van der Waals surface area contributed by atoms with Gasteiger partial charge in [0.15, 0.2) is 11.6 Å². The second-order valence-corrected chi connectivity index (χ2v) is 7.18. The van der Waals surface area contributed by atoms with Crippen LogP contribution in [-0.2, 0) is 4.79 Å². The summed E-state index contributed by atoms with van der Waals surface area (Å²) in [6.45, 7) is 4.20. The number of allylic oxidation sites excluding steroid dienone is 1. The maximum atomic E-state index is 14.5. The Labute approximate surface area is 167 Å². The Bertz CT molecular complexity index is 964. The van der Waals surface area contributed by atoms with Crippen molar-refractivity contribution >= 4 is 23.4 Å². The number of hydrogen-bond donors (Lipinski definition) is 3. The Kier molecular flexibility index (Phi) is 5.16. The molecular formula is C21H22FN5O2. The van der Waals surface area contributed by atoms with Crippen molar-refractivity contribution in [3.63, 3.8) is 0 Å². The number of aromatic nitrogens is 2. The summed E-state index contributed by atoms with van der Waals surface area (Å²) >= 11 is 0. The summed E-state index contributed by atoms with van der Waals surface area (Å²) in [5.41, 5.74) is 6.38. The van der Waals surface area contributed by atoms with Crippen molar-refractivity contribution in [2.24, 2.45) is 23.5 Å². The highest BCUT2D eigenvalue weighted by Gasteiger charge is 2.44. The fourth-order valence-electron chi connectivity index (χ4n) is 4.02. The van der Waals surface area contributed by atoms with E-state index in [2.05, 4.69) is 27.2 Å². The molecule has 4 unspecified atom stereocenters. The van der Waals surface area contributed by atoms with Crippen molar-refractivity contribution < 1.29 is 13.9 Å². The van der Waals surface area contributed by atoms with Crippen LogP contribution in [0.15, 0.2) is 55.3 Å². The number of carbonyl (C=O) groups is 1. The van der Waals surface area contributed by atoms with Crippen molar-refractivity contribution in [2.45, 2.75) is 12.5 Å². The summed E-state index contributed by atoms with van der Waals surface area (Å²) in [6, 6.07) is 6.91. The number of benzene rings is 1. The van der Waals surface area contributed by atoms with Crippen LogP contribution in [0.5, 0.6) is 5.75 Å². The third-order valence-electron chi connectivity index (χ3n) is 5.35. The van der Waals surface area contributed by atoms with Crippen LogP contribution in [-0.4, -0.2) is 28.5 Å². The average molecular weight is 395 g/mol. The van der Waals surface area contributed by atoms with Gasteiger partial charge in [0.05, 0.1) is 12.1 Å². The van der Waals surface area contributed by atoms with Crippen LogP contribution < -0.4 is 21.1 Å². The highest BCUT2D eigenvalue weighted by atomic mass is 19.1. The molecule has 0 saturated heterocycles. The van der Waals surface area contributed by atoms with E-state index >= 15 is 0 Å². The smallest absolute Gasteiger partial charge is 0.229 e. The van der Waals surface area contributed by atoms with Gasteiger partial charge in [-0.05, 0) is 30.4 Å². The van der Waals surface area contributed by atoms with Crippen molar-refractivity contribution in [3.05, 3.63) is 61.1 Å². The van der Waals surface area contributed by atoms with E-state index in [1.807, 2.05) is 36.4 Å². The van der Waals surface area contributed by atoms with Crippen LogP contribution in [0.4, 0.5) is 21.8 Å². The number of nitrogens with zero attached hydrogens (tertiary/aromatic N) is 2. The van der Waals surface area contributed by atoms with Gasteiger partial charge in [0.1, 0.15) is 12.4 Å². The minimum absolute atomic E-state index is 0.0197. The van der Waals surface area contributed by atoms with E-state index in [9.17, 15) is 9.18 Å². The lowest BCUT2D eigenvalue weighted by Gasteiger charge is -2.25. The molecule has 1 aromatic heterocycles. The Morgan fingerprint density at radius 2 is 2.28 bits per heavy atom. The van der Waals surface area contributed by atoms with Gasteiger partial charge in [0.2, 0.25) is 11.9 Å². The predicted molar refractivity (Wildman–Crippen MR) is 108 cm³/mol. The van der Waals surface area contributed by atoms with Crippen LogP contribution in [0.25, 0.3) is 0 Å². The van der Waals surface area contributed by atoms with Gasteiger partial charge >= 0.3 is 0 Å². The molecule has 0 radical (unpaired) electrons. The molecule has 1 aliphatic carbocycles. The number of amides is 1. The lowest BCUT2D eigenvalue weighted by molar-refractivity contribution is -0.122. The van der Waals surface area contributed by atoms with Crippen LogP contribution in [0.1, 0.15) is 6.42 Å². The SMILES string of the molecule is C=CC1CC2/C=C\COc3cccc(c3)Nc3ncc(F)c(n3)NC2C1C(N)=O. The fourth-order valence-corrected chi connectivity index (χ4v) is 4.02. The van der Waals surface area contributed by atoms with E-state index in [1.54, 1.807) is 6.08 Å². The van der Waals surface area contributed by atoms with Gasteiger partial charge in [-0.25, -0.2) is 9.37 Å². The van der Waals surface area contributed by atoms with E-state index in [-0.39, 0.29) is 23.6 Å². The monoisotopic (exact) mass is 395 g/mol. The van der Waals surface area contributed by atoms with Gasteiger partial charge < -0.3 is 21.1 Å². The molecule has 0 spiro atoms. The van der Waals surface area contributed by atoms with E-state index in [4.69, 9.17) is 10.5 Å². The number of primary amides is 1. The number of ether oxygens (including phenoxy) is 1. The third-order valence-corrected chi connectivity index (χ3v) is 5.35. The molecule has 150 valence electrons. The molecule has 1 fully saturated rings. The maximum absolute atomic E-state index is 14.5. The number of anilines is 3. The molecule has 2 aliphatic rings. The summed E-state index contributed by atoms with van der Waals surface area (Å²) in [4.78, 5) is 20.4. The first-order chi connectivity index (χ1) is 14.0. The van der Waals surface area contributed by atoms with E-state index < -0.39 is 23.7 Å². The summed E-state index contributed by atoms with van der Waals surface area (Å²) < 4.78 is 20.2. The number of nitrogens with two attached hydrogens (primary N) is 1. The number of carbonyl (C=O) groups excluding carboxylic acids is 1. The number of fused-ring (bicyclic) bond motifs is 5. The number of rotatable bonds is 2. The zero-order chi connectivity index (χ0) is 20.4. The number of hydrogen-bond acceptors (Lipinski definition) is 6. The van der Waals surface area contributed by atoms with Crippen LogP contribution in [0.3, 0.4) is 0 Å². The summed E-state index contributed by atoms with van der Waals surface area (Å²) in [7, 11) is 0. The molecule has 29 heavy (non-hydrogen) atoms. The number of nitrogens with one attached hydrogen (secondary N) is 2. The Balaban J connectivity index is 1.76. The quantitative estimate of drug-likeness (QED) is 0.676. The lowest BCUT2D eigenvalue weighted by atomic mass is 9.92. The molecule has 2 heterocycles. The summed E-state index contributed by atoms with van der Waals surface area (Å²) in [6.07, 6.45) is 7.37. The predicted octanol–water partition coefficient (Wildman–Crippen LogP) is 3.01. The zero-order valence-electron chi connectivity index (χ0n) is 15.7. The standard InChI is InChI=1S/C21H22FN5O2/c1-2-12-9-13-5-4-8-29-15-7-3-6-14(10-15)25-21-24-11-16(22)20(27-21)26-18(13)17(12)19(23)28/h2-7,10-13,17-18H,1,8-9H2,(H2,23,28)(H2,24,25,26,27)/b5-4-. The molecule has 1 aromatic carbocycles. The zero-order valence-corrected chi connectivity index (χ0v) is 15.7. The molecule has 4 atom stereocenters. The highest BCUT2D eigenvalue weighted by Crippen LogP contribution is 2.40. The molecule has 4 N–H and O–H groups in total. The molecule has 1 saturated carbocycles. The molecule has 1 amide bonds. The molecule has 7 nitrogen and oxygen atoms in total. The van der Waals surface area contributed by atoms with E-state index in [0.29, 0.717) is 24.5 Å². The molecular weight excluding hydrogens is 373 g/mol. The van der Waals surface area contributed by atoms with Gasteiger partial charge in [0, 0.05) is 17.8 Å². The van der Waals surface area contributed by atoms with Gasteiger partial charge in [-0.1, -0.05) is 24.3 Å². The average Bonchev–Trinajstić information content (AvgIpc) is 3.05. The Hall–Kier alpha value is -3.42. The lowest BCUT2D eigenvalue weighted by Crippen LogP contribution is -2.40. The Morgan fingerprint density at radius 1 is 1.41 bits per heavy atom. The van der Waals surface area contributed by atoms with Crippen LogP contribution >= 0.6 is 0 Å². The summed E-state index contributed by atoms with van der Waals surface area (Å²) in [5, 5.41) is 6.14. The Morgan fingerprint density at radius 3 is 3.07 bits per heavy atom. The second-order valence-electron chi connectivity index (χ2n) is 7.18. The largest absolute Gasteiger partial charge is 0.489 e. The first kappa shape index (κ1) is 18.9. The van der Waals surface area contributed by atoms with Crippen molar-refractivity contribution in [1.29, 1.82) is 0 Å². The summed E-state index contributed by atoms with van der Waals surface area (Å²) in [5.74, 6) is -0.854. The van der Waals surface area contributed by atoms with Gasteiger partial charge in [0.25, 0.3) is 0 Å². The van der Waals surface area contributed by atoms with Gasteiger partial charge in [-0.15, -0.1) is 6.58 Å². The maximum Gasteiger partial charge on any atom is 0.229 e. The highest BCUT2D eigenvalue weighted by molar-refractivity contribution is 5.79. The van der Waals surface area contributed by atoms with Crippen molar-refractivity contribution in [3.8, 4) is 5.75 Å². The van der Waals surface area contributed by atoms with Crippen molar-refractivity contribution in [1.82, 2.24) is 9.97 Å². The van der Waals surface area contributed by atoms with Gasteiger partial charge in [-0.2, -0.15) is 4.98 Å². The molecule has 1 aliphatic heterocycles. The van der Waals surface area contributed by atoms with Crippen molar-refractivity contribution in [2.75, 3.05) is 17.2 Å². The topological polar surface area (TPSA) is 102 Å². The first-order valence-corrected chi connectivity index (χ1v) is 9.42. The first-order valence-electron chi connectivity index (χ1n) is 9.42. The molecule has 4 rings (SSSR count). The third kappa shape index (κ3) is 3.91. The number of halogens is 1. The van der Waals surface area contributed by atoms with Crippen LogP contribution in [0.2, 0.25) is 0 Å². The second kappa shape index (κ2) is 7.90. The molecule has 4 bridgehead atoms.